The molecule has 1 heterocycles. The Kier molecular flexibility index (Phi) is 3.20. The Morgan fingerprint density at radius 2 is 1.95 bits per heavy atom. The first-order chi connectivity index (χ1) is 9.24. The quantitative estimate of drug-likeness (QED) is 0.824. The van der Waals surface area contributed by atoms with Crippen molar-refractivity contribution in [3.8, 4) is 0 Å². The van der Waals surface area contributed by atoms with Crippen molar-refractivity contribution in [2.24, 2.45) is 0 Å². The van der Waals surface area contributed by atoms with Gasteiger partial charge in [0.25, 0.3) is 0 Å². The fourth-order valence-corrected chi connectivity index (χ4v) is 2.78. The van der Waals surface area contributed by atoms with Crippen molar-refractivity contribution in [1.29, 1.82) is 0 Å². The van der Waals surface area contributed by atoms with Crippen molar-refractivity contribution in [3.63, 3.8) is 0 Å². The first kappa shape index (κ1) is 12.2. The first-order valence-corrected chi connectivity index (χ1v) is 6.83. The summed E-state index contributed by atoms with van der Waals surface area (Å²) in [5.74, 6) is 0.837. The molecule has 0 bridgehead atoms. The second-order valence-corrected chi connectivity index (χ2v) is 5.27. The summed E-state index contributed by atoms with van der Waals surface area (Å²) in [6, 6.07) is 11.2. The molecule has 0 spiro atoms. The van der Waals surface area contributed by atoms with Crippen molar-refractivity contribution >= 4 is 5.95 Å². The van der Waals surface area contributed by atoms with Crippen LogP contribution in [0.3, 0.4) is 0 Å². The molecule has 0 saturated heterocycles. The van der Waals surface area contributed by atoms with E-state index in [0.29, 0.717) is 6.04 Å². The van der Waals surface area contributed by atoms with E-state index in [1.165, 1.54) is 17.5 Å². The third-order valence-corrected chi connectivity index (χ3v) is 3.97. The molecule has 1 aromatic heterocycles. The molecule has 1 atom stereocenters. The Labute approximate surface area is 114 Å². The SMILES string of the molecule is Cc1ccnc(N(C)C2CCc3ccccc3C2)n1. The van der Waals surface area contributed by atoms with E-state index >= 15 is 0 Å². The van der Waals surface area contributed by atoms with Crippen molar-refractivity contribution in [2.75, 3.05) is 11.9 Å². The van der Waals surface area contributed by atoms with Gasteiger partial charge in [0.05, 0.1) is 0 Å². The fraction of sp³-hybridized carbons (Fsp3) is 0.375. The predicted molar refractivity (Wildman–Crippen MR) is 77.4 cm³/mol. The molecule has 98 valence electrons. The number of aryl methyl sites for hydroxylation is 2. The average Bonchev–Trinajstić information content (AvgIpc) is 2.46. The molecular formula is C16H19N3. The minimum absolute atomic E-state index is 0.497. The fourth-order valence-electron chi connectivity index (χ4n) is 2.78. The highest BCUT2D eigenvalue weighted by atomic mass is 15.2. The zero-order valence-corrected chi connectivity index (χ0v) is 11.5. The van der Waals surface area contributed by atoms with Crippen LogP contribution >= 0.6 is 0 Å². The van der Waals surface area contributed by atoms with Gasteiger partial charge in [-0.15, -0.1) is 0 Å². The average molecular weight is 253 g/mol. The van der Waals surface area contributed by atoms with Crippen LogP contribution in [-0.4, -0.2) is 23.1 Å². The molecule has 2 aromatic rings. The van der Waals surface area contributed by atoms with Crippen LogP contribution in [0.1, 0.15) is 23.2 Å². The standard InChI is InChI=1S/C16H19N3/c1-12-9-10-17-16(18-12)19(2)15-8-7-13-5-3-4-6-14(13)11-15/h3-6,9-10,15H,7-8,11H2,1-2H3. The van der Waals surface area contributed by atoms with Crippen molar-refractivity contribution < 1.29 is 0 Å². The maximum Gasteiger partial charge on any atom is 0.225 e. The van der Waals surface area contributed by atoms with E-state index < -0.39 is 0 Å². The Morgan fingerprint density at radius 3 is 2.74 bits per heavy atom. The summed E-state index contributed by atoms with van der Waals surface area (Å²) in [5, 5.41) is 0. The summed E-state index contributed by atoms with van der Waals surface area (Å²) in [6.45, 7) is 2.01. The maximum atomic E-state index is 4.52. The van der Waals surface area contributed by atoms with Crippen LogP contribution in [0.2, 0.25) is 0 Å². The van der Waals surface area contributed by atoms with Gasteiger partial charge < -0.3 is 4.90 Å². The lowest BCUT2D eigenvalue weighted by Gasteiger charge is -2.32. The van der Waals surface area contributed by atoms with Gasteiger partial charge in [-0.2, -0.15) is 0 Å². The van der Waals surface area contributed by atoms with Crippen molar-refractivity contribution in [3.05, 3.63) is 53.3 Å². The normalized spacial score (nSPS) is 17.9. The topological polar surface area (TPSA) is 29.0 Å². The number of rotatable bonds is 2. The molecule has 1 unspecified atom stereocenters. The summed E-state index contributed by atoms with van der Waals surface area (Å²) >= 11 is 0. The van der Waals surface area contributed by atoms with Gasteiger partial charge in [0.2, 0.25) is 5.95 Å². The molecule has 1 aliphatic rings. The number of hydrogen-bond donors (Lipinski definition) is 0. The third-order valence-electron chi connectivity index (χ3n) is 3.97. The lowest BCUT2D eigenvalue weighted by atomic mass is 9.88. The highest BCUT2D eigenvalue weighted by molar-refractivity contribution is 5.36. The second-order valence-electron chi connectivity index (χ2n) is 5.27. The lowest BCUT2D eigenvalue weighted by Crippen LogP contribution is -2.37. The maximum absolute atomic E-state index is 4.52. The molecule has 0 fully saturated rings. The zero-order chi connectivity index (χ0) is 13.2. The van der Waals surface area contributed by atoms with Gasteiger partial charge in [-0.05, 0) is 43.4 Å². The molecule has 0 saturated carbocycles. The number of fused-ring (bicyclic) bond motifs is 1. The lowest BCUT2D eigenvalue weighted by molar-refractivity contribution is 0.540. The van der Waals surface area contributed by atoms with Crippen LogP contribution in [0.4, 0.5) is 5.95 Å². The molecule has 0 amide bonds. The number of nitrogens with zero attached hydrogens (tertiary/aromatic N) is 3. The number of hydrogen-bond acceptors (Lipinski definition) is 3. The Bertz CT molecular complexity index is 580. The van der Waals surface area contributed by atoms with Crippen LogP contribution in [0.25, 0.3) is 0 Å². The van der Waals surface area contributed by atoms with Crippen LogP contribution in [0.5, 0.6) is 0 Å². The minimum atomic E-state index is 0.497. The number of aromatic nitrogens is 2. The second kappa shape index (κ2) is 5.00. The Morgan fingerprint density at radius 1 is 1.16 bits per heavy atom. The van der Waals surface area contributed by atoms with Crippen LogP contribution in [0.15, 0.2) is 36.5 Å². The van der Waals surface area contributed by atoms with Gasteiger partial charge in [-0.1, -0.05) is 24.3 Å². The molecule has 1 aromatic carbocycles. The van der Waals surface area contributed by atoms with Gasteiger partial charge in [-0.25, -0.2) is 9.97 Å². The molecule has 3 heteroatoms. The Balaban J connectivity index is 1.81. The molecule has 0 radical (unpaired) electrons. The first-order valence-electron chi connectivity index (χ1n) is 6.83. The smallest absolute Gasteiger partial charge is 0.225 e. The third kappa shape index (κ3) is 2.46. The van der Waals surface area contributed by atoms with E-state index in [9.17, 15) is 0 Å². The highest BCUT2D eigenvalue weighted by Crippen LogP contribution is 2.25. The van der Waals surface area contributed by atoms with Gasteiger partial charge in [0, 0.05) is 25.0 Å². The summed E-state index contributed by atoms with van der Waals surface area (Å²) < 4.78 is 0. The molecule has 0 aliphatic heterocycles. The summed E-state index contributed by atoms with van der Waals surface area (Å²) in [4.78, 5) is 11.1. The van der Waals surface area contributed by atoms with E-state index in [1.54, 1.807) is 0 Å². The minimum Gasteiger partial charge on any atom is -0.341 e. The summed E-state index contributed by atoms with van der Waals surface area (Å²) in [6.07, 6.45) is 5.25. The van der Waals surface area contributed by atoms with E-state index in [-0.39, 0.29) is 0 Å². The predicted octanol–water partition coefficient (Wildman–Crippen LogP) is 2.78. The van der Waals surface area contributed by atoms with E-state index in [1.807, 2.05) is 19.2 Å². The molecule has 3 rings (SSSR count). The Hall–Kier alpha value is -1.90. The van der Waals surface area contributed by atoms with Crippen LogP contribution in [0, 0.1) is 6.92 Å². The number of likely N-dealkylation sites (N-methyl/N-ethyl adjacent to an activating group) is 1. The van der Waals surface area contributed by atoms with Crippen molar-refractivity contribution in [2.45, 2.75) is 32.2 Å². The van der Waals surface area contributed by atoms with Crippen LogP contribution in [-0.2, 0) is 12.8 Å². The van der Waals surface area contributed by atoms with E-state index in [2.05, 4.69) is 46.2 Å². The van der Waals surface area contributed by atoms with Gasteiger partial charge in [0.15, 0.2) is 0 Å². The van der Waals surface area contributed by atoms with Gasteiger partial charge >= 0.3 is 0 Å². The van der Waals surface area contributed by atoms with E-state index in [4.69, 9.17) is 0 Å². The van der Waals surface area contributed by atoms with E-state index in [0.717, 1.165) is 24.5 Å². The highest BCUT2D eigenvalue weighted by Gasteiger charge is 2.23. The molecule has 3 nitrogen and oxygen atoms in total. The molecular weight excluding hydrogens is 234 g/mol. The molecule has 0 N–H and O–H groups in total. The number of anilines is 1. The summed E-state index contributed by atoms with van der Waals surface area (Å²) in [5.41, 5.74) is 3.99. The van der Waals surface area contributed by atoms with Gasteiger partial charge in [0.1, 0.15) is 0 Å². The molecule has 1 aliphatic carbocycles. The van der Waals surface area contributed by atoms with Gasteiger partial charge in [-0.3, -0.25) is 0 Å². The summed E-state index contributed by atoms with van der Waals surface area (Å²) in [7, 11) is 2.10. The zero-order valence-electron chi connectivity index (χ0n) is 11.5. The number of benzene rings is 1. The van der Waals surface area contributed by atoms with Crippen LogP contribution < -0.4 is 4.90 Å². The largest absolute Gasteiger partial charge is 0.341 e. The van der Waals surface area contributed by atoms with Crippen molar-refractivity contribution in [1.82, 2.24) is 9.97 Å². The molecule has 19 heavy (non-hydrogen) atoms. The monoisotopic (exact) mass is 253 g/mol.